The van der Waals surface area contributed by atoms with Crippen molar-refractivity contribution in [3.8, 4) is 0 Å². The summed E-state index contributed by atoms with van der Waals surface area (Å²) in [5.41, 5.74) is 0. The van der Waals surface area contributed by atoms with E-state index in [1.165, 1.54) is 13.1 Å². The van der Waals surface area contributed by atoms with E-state index in [0.717, 1.165) is 4.90 Å². The second-order valence-corrected chi connectivity index (χ2v) is 1.94. The summed E-state index contributed by atoms with van der Waals surface area (Å²) >= 11 is 0. The molecule has 0 aromatic heterocycles. The van der Waals surface area contributed by atoms with E-state index >= 15 is 0 Å². The molecule has 0 aromatic rings. The van der Waals surface area contributed by atoms with E-state index in [4.69, 9.17) is 0 Å². The third-order valence-corrected chi connectivity index (χ3v) is 1.29. The van der Waals surface area contributed by atoms with Crippen LogP contribution in [0.2, 0.25) is 0 Å². The second kappa shape index (κ2) is 2.13. The van der Waals surface area contributed by atoms with Crippen molar-refractivity contribution in [1.29, 1.82) is 0 Å². The fourth-order valence-electron chi connectivity index (χ4n) is 0.668. The van der Waals surface area contributed by atoms with Crippen molar-refractivity contribution in [2.24, 2.45) is 0 Å². The summed E-state index contributed by atoms with van der Waals surface area (Å²) < 4.78 is 4.55. The number of amides is 2. The van der Waals surface area contributed by atoms with Gasteiger partial charge in [0.15, 0.2) is 0 Å². The summed E-state index contributed by atoms with van der Waals surface area (Å²) in [5.74, 6) is -0.361. The van der Waals surface area contributed by atoms with Crippen LogP contribution in [0.25, 0.3) is 0 Å². The van der Waals surface area contributed by atoms with Crippen LogP contribution in [0, 0.1) is 0 Å². The Labute approximate surface area is 58.1 Å². The van der Waals surface area contributed by atoms with Crippen LogP contribution >= 0.6 is 0 Å². The minimum atomic E-state index is -0.780. The highest BCUT2D eigenvalue weighted by Gasteiger charge is 2.35. The first-order valence-corrected chi connectivity index (χ1v) is 2.77. The summed E-state index contributed by atoms with van der Waals surface area (Å²) in [5, 5.41) is 0. The van der Waals surface area contributed by atoms with Crippen LogP contribution in [0.3, 0.4) is 0 Å². The van der Waals surface area contributed by atoms with Crippen molar-refractivity contribution in [3.63, 3.8) is 0 Å². The van der Waals surface area contributed by atoms with Gasteiger partial charge in [-0.1, -0.05) is 6.58 Å². The molecule has 1 atom stereocenters. The molecule has 1 saturated heterocycles. The molecule has 1 aliphatic rings. The molecule has 54 valence electrons. The van der Waals surface area contributed by atoms with Gasteiger partial charge in [0.2, 0.25) is 6.10 Å². The molecule has 1 fully saturated rings. The molecule has 0 saturated carbocycles. The van der Waals surface area contributed by atoms with Crippen molar-refractivity contribution < 1.29 is 14.3 Å². The van der Waals surface area contributed by atoms with Crippen LogP contribution in [-0.2, 0) is 9.53 Å². The Morgan fingerprint density at radius 1 is 1.70 bits per heavy atom. The predicted octanol–water partition coefficient (Wildman–Crippen LogP) is 0.150. The predicted molar refractivity (Wildman–Crippen MR) is 33.2 cm³/mol. The third-order valence-electron chi connectivity index (χ3n) is 1.29. The highest BCUT2D eigenvalue weighted by atomic mass is 16.6. The van der Waals surface area contributed by atoms with Gasteiger partial charge in [-0.3, -0.25) is 4.79 Å². The van der Waals surface area contributed by atoms with Crippen LogP contribution in [0.15, 0.2) is 12.7 Å². The molecule has 1 heterocycles. The monoisotopic (exact) mass is 141 g/mol. The van der Waals surface area contributed by atoms with E-state index in [2.05, 4.69) is 11.3 Å². The van der Waals surface area contributed by atoms with Crippen molar-refractivity contribution in [2.45, 2.75) is 6.10 Å². The van der Waals surface area contributed by atoms with Gasteiger partial charge in [-0.15, -0.1) is 0 Å². The average molecular weight is 141 g/mol. The van der Waals surface area contributed by atoms with E-state index < -0.39 is 12.2 Å². The van der Waals surface area contributed by atoms with Crippen molar-refractivity contribution in [2.75, 3.05) is 7.05 Å². The molecule has 1 unspecified atom stereocenters. The minimum Gasteiger partial charge on any atom is -0.431 e. The van der Waals surface area contributed by atoms with Gasteiger partial charge in [0, 0.05) is 7.05 Å². The normalized spacial score (nSPS) is 24.9. The van der Waals surface area contributed by atoms with Crippen LogP contribution in [-0.4, -0.2) is 30.1 Å². The summed E-state index contributed by atoms with van der Waals surface area (Å²) in [6.07, 6.45) is -0.101. The first kappa shape index (κ1) is 6.80. The Kier molecular flexibility index (Phi) is 1.45. The fourth-order valence-corrected chi connectivity index (χ4v) is 0.668. The third kappa shape index (κ3) is 0.775. The molecule has 0 spiro atoms. The maximum Gasteiger partial charge on any atom is 0.417 e. The summed E-state index contributed by atoms with van der Waals surface area (Å²) in [4.78, 5) is 22.4. The highest BCUT2D eigenvalue weighted by Crippen LogP contribution is 2.10. The van der Waals surface area contributed by atoms with Crippen molar-refractivity contribution in [1.82, 2.24) is 4.90 Å². The van der Waals surface area contributed by atoms with Gasteiger partial charge in [0.05, 0.1) is 0 Å². The zero-order valence-electron chi connectivity index (χ0n) is 5.53. The lowest BCUT2D eigenvalue weighted by Gasteiger charge is -1.98. The smallest absolute Gasteiger partial charge is 0.417 e. The topological polar surface area (TPSA) is 46.6 Å². The summed E-state index contributed by atoms with van der Waals surface area (Å²) in [6, 6.07) is 0. The largest absolute Gasteiger partial charge is 0.431 e. The quantitative estimate of drug-likeness (QED) is 0.488. The zero-order chi connectivity index (χ0) is 7.72. The number of ether oxygens (including phenoxy) is 1. The van der Waals surface area contributed by atoms with Crippen LogP contribution in [0.5, 0.6) is 0 Å². The minimum absolute atomic E-state index is 0.361. The molecular weight excluding hydrogens is 134 g/mol. The Hall–Kier alpha value is -1.32. The van der Waals surface area contributed by atoms with Crippen molar-refractivity contribution in [3.05, 3.63) is 12.7 Å². The average Bonchev–Trinajstić information content (AvgIpc) is 2.17. The molecule has 2 amide bonds. The maximum atomic E-state index is 10.9. The highest BCUT2D eigenvalue weighted by molar-refractivity contribution is 6.00. The van der Waals surface area contributed by atoms with Gasteiger partial charge in [0.25, 0.3) is 5.91 Å². The summed E-state index contributed by atoms with van der Waals surface area (Å²) in [6.45, 7) is 3.34. The lowest BCUT2D eigenvalue weighted by molar-refractivity contribution is -0.127. The Bertz CT molecular complexity index is 199. The van der Waals surface area contributed by atoms with E-state index in [1.807, 2.05) is 0 Å². The number of carbonyl (C=O) groups excluding carboxylic acids is 2. The lowest BCUT2D eigenvalue weighted by atomic mass is 10.3. The van der Waals surface area contributed by atoms with Crippen LogP contribution in [0.4, 0.5) is 4.79 Å². The Morgan fingerprint density at radius 2 is 2.30 bits per heavy atom. The number of nitrogens with zero attached hydrogens (tertiary/aromatic N) is 1. The number of rotatable bonds is 1. The molecule has 0 aliphatic carbocycles. The molecule has 4 heteroatoms. The van der Waals surface area contributed by atoms with Gasteiger partial charge < -0.3 is 4.74 Å². The molecule has 0 N–H and O–H groups in total. The van der Waals surface area contributed by atoms with Gasteiger partial charge in [0.1, 0.15) is 0 Å². The molecule has 1 aliphatic heterocycles. The molecule has 10 heavy (non-hydrogen) atoms. The maximum absolute atomic E-state index is 10.9. The lowest BCUT2D eigenvalue weighted by Crippen LogP contribution is -2.26. The molecular formula is C6H7NO3. The van der Waals surface area contributed by atoms with Gasteiger partial charge in [-0.05, 0) is 6.08 Å². The molecule has 1 rings (SSSR count). The molecule has 0 radical (unpaired) electrons. The Balaban J connectivity index is 2.80. The number of carbonyl (C=O) groups is 2. The molecule has 4 nitrogen and oxygen atoms in total. The van der Waals surface area contributed by atoms with E-state index in [-0.39, 0.29) is 5.91 Å². The van der Waals surface area contributed by atoms with Crippen LogP contribution in [0.1, 0.15) is 0 Å². The molecule has 0 bridgehead atoms. The zero-order valence-corrected chi connectivity index (χ0v) is 5.53. The van der Waals surface area contributed by atoms with Gasteiger partial charge in [-0.25, -0.2) is 9.69 Å². The summed E-state index contributed by atoms with van der Waals surface area (Å²) in [7, 11) is 1.37. The van der Waals surface area contributed by atoms with E-state index in [9.17, 15) is 9.59 Å². The second-order valence-electron chi connectivity index (χ2n) is 1.94. The first-order chi connectivity index (χ1) is 4.66. The SMILES string of the molecule is C=CC1OC(=O)N(C)C1=O. The fraction of sp³-hybridized carbons (Fsp3) is 0.333. The standard InChI is InChI=1S/C6H7NO3/c1-3-4-5(8)7(2)6(9)10-4/h3-4H,1H2,2H3. The number of likely N-dealkylation sites (N-methyl/N-ethyl adjacent to an activating group) is 1. The van der Waals surface area contributed by atoms with Gasteiger partial charge >= 0.3 is 6.09 Å². The van der Waals surface area contributed by atoms with E-state index in [0.29, 0.717) is 0 Å². The number of imide groups is 1. The molecule has 0 aromatic carbocycles. The van der Waals surface area contributed by atoms with E-state index in [1.54, 1.807) is 0 Å². The Morgan fingerprint density at radius 3 is 2.50 bits per heavy atom. The number of cyclic esters (lactones) is 1. The van der Waals surface area contributed by atoms with Gasteiger partial charge in [-0.2, -0.15) is 0 Å². The number of hydrogen-bond donors (Lipinski definition) is 0. The van der Waals surface area contributed by atoms with Crippen LogP contribution < -0.4 is 0 Å². The number of hydrogen-bond acceptors (Lipinski definition) is 3. The van der Waals surface area contributed by atoms with Crippen molar-refractivity contribution >= 4 is 12.0 Å². The first-order valence-electron chi connectivity index (χ1n) is 2.77.